The standard InChI is InChI=1S/C19H22N6O2/c26-18(16-13-5-1-2-6-14(13)22-23-16)24-9-4-10-25(12-11-24)19-21-17-15(27-19)7-3-8-20-17/h3,7-8H,1-2,4-6,9-12H2,(H,22,23). The molecule has 1 saturated heterocycles. The first kappa shape index (κ1) is 16.3. The number of amides is 1. The molecule has 0 atom stereocenters. The average molecular weight is 366 g/mol. The molecule has 27 heavy (non-hydrogen) atoms. The Morgan fingerprint density at radius 2 is 2.04 bits per heavy atom. The van der Waals surface area contributed by atoms with E-state index in [0.29, 0.717) is 36.0 Å². The summed E-state index contributed by atoms with van der Waals surface area (Å²) in [7, 11) is 0. The van der Waals surface area contributed by atoms with Gasteiger partial charge in [-0.05, 0) is 44.2 Å². The maximum absolute atomic E-state index is 13.0. The van der Waals surface area contributed by atoms with Gasteiger partial charge in [0.25, 0.3) is 11.9 Å². The van der Waals surface area contributed by atoms with Gasteiger partial charge in [-0.2, -0.15) is 10.1 Å². The fourth-order valence-corrected chi connectivity index (χ4v) is 4.01. The summed E-state index contributed by atoms with van der Waals surface area (Å²) in [6.07, 6.45) is 6.82. The molecule has 4 heterocycles. The van der Waals surface area contributed by atoms with Crippen molar-refractivity contribution >= 4 is 23.2 Å². The first-order valence-corrected chi connectivity index (χ1v) is 9.61. The van der Waals surface area contributed by atoms with Gasteiger partial charge in [0, 0.05) is 43.6 Å². The molecule has 0 aromatic carbocycles. The Bertz CT molecular complexity index is 945. The van der Waals surface area contributed by atoms with Gasteiger partial charge in [0.05, 0.1) is 0 Å². The predicted molar refractivity (Wildman–Crippen MR) is 99.8 cm³/mol. The lowest BCUT2D eigenvalue weighted by Gasteiger charge is -2.21. The van der Waals surface area contributed by atoms with Crippen LogP contribution in [0.3, 0.4) is 0 Å². The lowest BCUT2D eigenvalue weighted by molar-refractivity contribution is 0.0759. The summed E-state index contributed by atoms with van der Waals surface area (Å²) >= 11 is 0. The van der Waals surface area contributed by atoms with Crippen molar-refractivity contribution in [2.75, 3.05) is 31.1 Å². The number of rotatable bonds is 2. The van der Waals surface area contributed by atoms with E-state index in [1.54, 1.807) is 6.20 Å². The normalized spacial score (nSPS) is 17.8. The van der Waals surface area contributed by atoms with Crippen LogP contribution in [0.2, 0.25) is 0 Å². The number of pyridine rings is 1. The first-order valence-electron chi connectivity index (χ1n) is 9.61. The number of hydrogen-bond donors (Lipinski definition) is 1. The van der Waals surface area contributed by atoms with Crippen molar-refractivity contribution in [1.82, 2.24) is 25.1 Å². The van der Waals surface area contributed by atoms with Crippen LogP contribution in [-0.4, -0.2) is 57.2 Å². The second-order valence-electron chi connectivity index (χ2n) is 7.19. The Morgan fingerprint density at radius 1 is 1.11 bits per heavy atom. The van der Waals surface area contributed by atoms with Gasteiger partial charge in [0.15, 0.2) is 11.3 Å². The van der Waals surface area contributed by atoms with E-state index in [0.717, 1.165) is 50.0 Å². The molecule has 8 nitrogen and oxygen atoms in total. The minimum absolute atomic E-state index is 0.0375. The molecule has 0 unspecified atom stereocenters. The smallest absolute Gasteiger partial charge is 0.300 e. The number of aromatic nitrogens is 4. The topological polar surface area (TPSA) is 91.2 Å². The van der Waals surface area contributed by atoms with Crippen molar-refractivity contribution in [1.29, 1.82) is 0 Å². The van der Waals surface area contributed by atoms with Crippen molar-refractivity contribution in [2.24, 2.45) is 0 Å². The molecule has 1 amide bonds. The summed E-state index contributed by atoms with van der Waals surface area (Å²) in [6.45, 7) is 2.84. The van der Waals surface area contributed by atoms with Crippen molar-refractivity contribution in [2.45, 2.75) is 32.1 Å². The molecule has 1 aliphatic heterocycles. The van der Waals surface area contributed by atoms with Crippen molar-refractivity contribution < 1.29 is 9.21 Å². The van der Waals surface area contributed by atoms with E-state index in [2.05, 4.69) is 25.1 Å². The summed E-state index contributed by atoms with van der Waals surface area (Å²) in [4.78, 5) is 25.8. The van der Waals surface area contributed by atoms with Crippen molar-refractivity contribution in [3.8, 4) is 0 Å². The van der Waals surface area contributed by atoms with Gasteiger partial charge in [-0.1, -0.05) is 0 Å². The van der Waals surface area contributed by atoms with Crippen LogP contribution in [0.5, 0.6) is 0 Å². The lowest BCUT2D eigenvalue weighted by atomic mass is 9.95. The Morgan fingerprint density at radius 3 is 2.96 bits per heavy atom. The number of H-pyrrole nitrogens is 1. The summed E-state index contributed by atoms with van der Waals surface area (Å²) in [6, 6.07) is 4.29. The number of fused-ring (bicyclic) bond motifs is 2. The Labute approximate surface area is 156 Å². The highest BCUT2D eigenvalue weighted by Crippen LogP contribution is 2.24. The molecule has 3 aromatic rings. The first-order chi connectivity index (χ1) is 13.3. The number of carbonyl (C=O) groups is 1. The number of nitrogens with one attached hydrogen (secondary N) is 1. The maximum atomic E-state index is 13.0. The second-order valence-corrected chi connectivity index (χ2v) is 7.19. The zero-order valence-electron chi connectivity index (χ0n) is 15.1. The van der Waals surface area contributed by atoms with E-state index in [1.165, 1.54) is 6.42 Å². The highest BCUT2D eigenvalue weighted by atomic mass is 16.4. The molecule has 1 N–H and O–H groups in total. The zero-order valence-corrected chi connectivity index (χ0v) is 15.1. The molecule has 0 radical (unpaired) electrons. The Hall–Kier alpha value is -2.90. The van der Waals surface area contributed by atoms with Crippen LogP contribution < -0.4 is 4.90 Å². The Balaban J connectivity index is 1.32. The minimum atomic E-state index is 0.0375. The molecule has 0 saturated carbocycles. The largest absolute Gasteiger partial charge is 0.422 e. The number of anilines is 1. The van der Waals surface area contributed by atoms with Crippen LogP contribution in [0.1, 0.15) is 41.0 Å². The van der Waals surface area contributed by atoms with Gasteiger partial charge < -0.3 is 14.2 Å². The summed E-state index contributed by atoms with van der Waals surface area (Å²) in [5.41, 5.74) is 4.18. The van der Waals surface area contributed by atoms with Gasteiger partial charge in [-0.3, -0.25) is 9.89 Å². The van der Waals surface area contributed by atoms with E-state index >= 15 is 0 Å². The van der Waals surface area contributed by atoms with E-state index < -0.39 is 0 Å². The van der Waals surface area contributed by atoms with Gasteiger partial charge in [-0.15, -0.1) is 0 Å². The molecular weight excluding hydrogens is 344 g/mol. The maximum Gasteiger partial charge on any atom is 0.300 e. The van der Waals surface area contributed by atoms with Crippen LogP contribution >= 0.6 is 0 Å². The number of aryl methyl sites for hydroxylation is 1. The van der Waals surface area contributed by atoms with E-state index in [1.807, 2.05) is 17.0 Å². The third-order valence-electron chi connectivity index (χ3n) is 5.47. The van der Waals surface area contributed by atoms with Crippen LogP contribution in [0, 0.1) is 0 Å². The highest BCUT2D eigenvalue weighted by Gasteiger charge is 2.28. The van der Waals surface area contributed by atoms with E-state index in [4.69, 9.17) is 4.42 Å². The molecule has 1 fully saturated rings. The van der Waals surface area contributed by atoms with Crippen molar-refractivity contribution in [3.05, 3.63) is 35.3 Å². The third kappa shape index (κ3) is 2.94. The Kier molecular flexibility index (Phi) is 4.03. The van der Waals surface area contributed by atoms with Gasteiger partial charge in [0.1, 0.15) is 0 Å². The molecular formula is C19H22N6O2. The van der Waals surface area contributed by atoms with E-state index in [-0.39, 0.29) is 5.91 Å². The second kappa shape index (κ2) is 6.68. The molecule has 2 aliphatic rings. The number of nitrogens with zero attached hydrogens (tertiary/aromatic N) is 5. The SMILES string of the molecule is O=C(c1n[nH]c2c1CCCC2)N1CCCN(c2nc3ncccc3o2)CC1. The van der Waals surface area contributed by atoms with Gasteiger partial charge >= 0.3 is 0 Å². The van der Waals surface area contributed by atoms with Crippen LogP contribution in [0.15, 0.2) is 22.7 Å². The molecule has 140 valence electrons. The average Bonchev–Trinajstić information content (AvgIpc) is 3.24. The molecule has 1 aliphatic carbocycles. The monoisotopic (exact) mass is 366 g/mol. The minimum Gasteiger partial charge on any atom is -0.422 e. The summed E-state index contributed by atoms with van der Waals surface area (Å²) < 4.78 is 5.84. The fraction of sp³-hybridized carbons (Fsp3) is 0.474. The molecule has 3 aromatic heterocycles. The van der Waals surface area contributed by atoms with Crippen LogP contribution in [0.25, 0.3) is 11.2 Å². The number of aromatic amines is 1. The van der Waals surface area contributed by atoms with Crippen molar-refractivity contribution in [3.63, 3.8) is 0 Å². The van der Waals surface area contributed by atoms with E-state index in [9.17, 15) is 4.79 Å². The molecule has 5 rings (SSSR count). The predicted octanol–water partition coefficient (Wildman–Crippen LogP) is 2.18. The molecule has 0 bridgehead atoms. The van der Waals surface area contributed by atoms with Crippen LogP contribution in [0.4, 0.5) is 6.01 Å². The molecule has 0 spiro atoms. The quantitative estimate of drug-likeness (QED) is 0.747. The van der Waals surface area contributed by atoms with Crippen LogP contribution in [-0.2, 0) is 12.8 Å². The number of hydrogen-bond acceptors (Lipinski definition) is 6. The van der Waals surface area contributed by atoms with Gasteiger partial charge in [0.2, 0.25) is 5.65 Å². The number of carbonyl (C=O) groups excluding carboxylic acids is 1. The highest BCUT2D eigenvalue weighted by molar-refractivity contribution is 5.94. The lowest BCUT2D eigenvalue weighted by Crippen LogP contribution is -2.36. The summed E-state index contributed by atoms with van der Waals surface area (Å²) in [5.74, 6) is 0.0375. The number of oxazole rings is 1. The third-order valence-corrected chi connectivity index (χ3v) is 5.47. The molecule has 8 heteroatoms. The zero-order chi connectivity index (χ0) is 18.2. The van der Waals surface area contributed by atoms with Gasteiger partial charge in [-0.25, -0.2) is 4.98 Å². The summed E-state index contributed by atoms with van der Waals surface area (Å²) in [5, 5.41) is 7.41. The fourth-order valence-electron chi connectivity index (χ4n) is 4.01.